The Morgan fingerprint density at radius 3 is 2.73 bits per heavy atom. The number of fused-ring (bicyclic) bond motifs is 1. The van der Waals surface area contributed by atoms with Crippen LogP contribution in [0.2, 0.25) is 0 Å². The van der Waals surface area contributed by atoms with Gasteiger partial charge < -0.3 is 4.57 Å². The van der Waals surface area contributed by atoms with E-state index in [-0.39, 0.29) is 11.1 Å². The molecule has 0 spiro atoms. The molecule has 1 aromatic carbocycles. The molecule has 3 rings (SSSR count). The molecular weight excluding hydrogens is 296 g/mol. The molecule has 1 saturated heterocycles. The lowest BCUT2D eigenvalue weighted by atomic mass is 10.1. The van der Waals surface area contributed by atoms with E-state index in [1.54, 1.807) is 6.92 Å². The number of amides is 2. The van der Waals surface area contributed by atoms with Crippen LogP contribution in [0, 0.1) is 0 Å². The molecule has 22 heavy (non-hydrogen) atoms. The van der Waals surface area contributed by atoms with Crippen LogP contribution < -0.4 is 0 Å². The van der Waals surface area contributed by atoms with E-state index in [0.29, 0.717) is 18.0 Å². The van der Waals surface area contributed by atoms with Gasteiger partial charge in [0, 0.05) is 35.8 Å². The van der Waals surface area contributed by atoms with E-state index in [1.165, 1.54) is 4.90 Å². The molecule has 0 aliphatic carbocycles. The first-order valence-electron chi connectivity index (χ1n) is 7.09. The first-order chi connectivity index (χ1) is 10.7. The van der Waals surface area contributed by atoms with E-state index in [9.17, 15) is 9.59 Å². The minimum absolute atomic E-state index is 0.200. The normalized spacial score (nSPS) is 17.0. The average Bonchev–Trinajstić information content (AvgIpc) is 2.99. The Balaban J connectivity index is 2.08. The Morgan fingerprint density at radius 1 is 1.27 bits per heavy atom. The minimum atomic E-state index is -0.210. The van der Waals surface area contributed by atoms with Crippen LogP contribution in [0.5, 0.6) is 0 Å². The summed E-state index contributed by atoms with van der Waals surface area (Å²) in [4.78, 5) is 25.8. The van der Waals surface area contributed by atoms with Gasteiger partial charge >= 0.3 is 0 Å². The van der Waals surface area contributed by atoms with Gasteiger partial charge in [0.05, 0.1) is 4.91 Å². The molecule has 2 aromatic rings. The molecule has 4 nitrogen and oxygen atoms in total. The molecule has 0 unspecified atom stereocenters. The third-order valence-corrected chi connectivity index (χ3v) is 4.53. The number of para-hydroxylation sites is 1. The minimum Gasteiger partial charge on any atom is -0.343 e. The monoisotopic (exact) mass is 312 g/mol. The number of allylic oxidation sites excluding steroid dienone is 1. The van der Waals surface area contributed by atoms with E-state index in [2.05, 4.69) is 11.1 Å². The average molecular weight is 312 g/mol. The number of carbonyl (C=O) groups excluding carboxylic acids is 2. The summed E-state index contributed by atoms with van der Waals surface area (Å²) in [6, 6.07) is 8.01. The standard InChI is InChI=1S/C17H16N2O2S/c1-3-9-18-11-12(13-7-5-6-8-14(13)18)10-15-16(20)19(4-2)17(21)22-15/h3,5-8,10-11H,1,4,9H2,2H3. The Kier molecular flexibility index (Phi) is 3.90. The molecular formula is C17H16N2O2S. The van der Waals surface area contributed by atoms with Crippen LogP contribution in [0.1, 0.15) is 12.5 Å². The lowest BCUT2D eigenvalue weighted by Crippen LogP contribution is -2.27. The molecule has 0 saturated carbocycles. The van der Waals surface area contributed by atoms with E-state index < -0.39 is 0 Å². The summed E-state index contributed by atoms with van der Waals surface area (Å²) in [6.45, 7) is 6.68. The summed E-state index contributed by atoms with van der Waals surface area (Å²) < 4.78 is 2.08. The van der Waals surface area contributed by atoms with Crippen LogP contribution in [0.15, 0.2) is 48.0 Å². The summed E-state index contributed by atoms with van der Waals surface area (Å²) in [5.74, 6) is -0.210. The third-order valence-electron chi connectivity index (χ3n) is 3.62. The van der Waals surface area contributed by atoms with Crippen LogP contribution >= 0.6 is 11.8 Å². The first-order valence-corrected chi connectivity index (χ1v) is 7.91. The van der Waals surface area contributed by atoms with E-state index in [1.807, 2.05) is 42.6 Å². The van der Waals surface area contributed by atoms with Crippen molar-refractivity contribution in [2.24, 2.45) is 0 Å². The van der Waals surface area contributed by atoms with E-state index in [0.717, 1.165) is 28.2 Å². The molecule has 1 fully saturated rings. The number of hydrogen-bond donors (Lipinski definition) is 0. The van der Waals surface area contributed by atoms with Crippen molar-refractivity contribution in [3.8, 4) is 0 Å². The van der Waals surface area contributed by atoms with Crippen LogP contribution in [0.4, 0.5) is 4.79 Å². The van der Waals surface area contributed by atoms with Crippen molar-refractivity contribution in [3.05, 3.63) is 53.6 Å². The molecule has 0 radical (unpaired) electrons. The molecule has 1 aliphatic heterocycles. The molecule has 2 heterocycles. The number of hydrogen-bond acceptors (Lipinski definition) is 3. The van der Waals surface area contributed by atoms with Crippen LogP contribution in [0.3, 0.4) is 0 Å². The summed E-state index contributed by atoms with van der Waals surface area (Å²) in [7, 11) is 0. The highest BCUT2D eigenvalue weighted by molar-refractivity contribution is 8.18. The number of aromatic nitrogens is 1. The fourth-order valence-corrected chi connectivity index (χ4v) is 3.49. The number of nitrogens with zero attached hydrogens (tertiary/aromatic N) is 2. The molecule has 112 valence electrons. The lowest BCUT2D eigenvalue weighted by Gasteiger charge is -2.06. The topological polar surface area (TPSA) is 42.3 Å². The zero-order valence-corrected chi connectivity index (χ0v) is 13.1. The fourth-order valence-electron chi connectivity index (χ4n) is 2.59. The number of thioether (sulfide) groups is 1. The molecule has 0 bridgehead atoms. The molecule has 1 aliphatic rings. The predicted molar refractivity (Wildman–Crippen MR) is 90.5 cm³/mol. The number of carbonyl (C=O) groups is 2. The first kappa shape index (κ1) is 14.7. The molecule has 0 N–H and O–H groups in total. The lowest BCUT2D eigenvalue weighted by molar-refractivity contribution is -0.122. The Morgan fingerprint density at radius 2 is 2.05 bits per heavy atom. The summed E-state index contributed by atoms with van der Waals surface area (Å²) in [5, 5.41) is 0.862. The second-order valence-corrected chi connectivity index (χ2v) is 5.96. The maximum Gasteiger partial charge on any atom is 0.293 e. The van der Waals surface area contributed by atoms with Crippen molar-refractivity contribution in [2.45, 2.75) is 13.5 Å². The SMILES string of the molecule is C=CCn1cc(C=C2SC(=O)N(CC)C2=O)c2ccccc21. The zero-order valence-electron chi connectivity index (χ0n) is 12.3. The fraction of sp³-hybridized carbons (Fsp3) is 0.176. The molecule has 0 atom stereocenters. The van der Waals surface area contributed by atoms with E-state index >= 15 is 0 Å². The van der Waals surface area contributed by atoms with Crippen molar-refractivity contribution in [3.63, 3.8) is 0 Å². The second kappa shape index (κ2) is 5.85. The zero-order chi connectivity index (χ0) is 15.7. The van der Waals surface area contributed by atoms with Gasteiger partial charge in [-0.2, -0.15) is 0 Å². The Labute approximate surface area is 133 Å². The highest BCUT2D eigenvalue weighted by atomic mass is 32.2. The van der Waals surface area contributed by atoms with Crippen molar-refractivity contribution in [1.82, 2.24) is 9.47 Å². The van der Waals surface area contributed by atoms with Gasteiger partial charge in [0.1, 0.15) is 0 Å². The van der Waals surface area contributed by atoms with Crippen LogP contribution in [0.25, 0.3) is 17.0 Å². The van der Waals surface area contributed by atoms with Gasteiger partial charge in [-0.1, -0.05) is 24.3 Å². The predicted octanol–water partition coefficient (Wildman–Crippen LogP) is 3.88. The highest BCUT2D eigenvalue weighted by Crippen LogP contribution is 2.33. The number of rotatable bonds is 4. The van der Waals surface area contributed by atoms with Crippen LogP contribution in [-0.4, -0.2) is 27.2 Å². The maximum absolute atomic E-state index is 12.2. The van der Waals surface area contributed by atoms with Gasteiger partial charge in [-0.25, -0.2) is 0 Å². The summed E-state index contributed by atoms with van der Waals surface area (Å²) >= 11 is 1.00. The van der Waals surface area contributed by atoms with Crippen molar-refractivity contribution < 1.29 is 9.59 Å². The number of benzene rings is 1. The van der Waals surface area contributed by atoms with Gasteiger partial charge in [0.15, 0.2) is 0 Å². The highest BCUT2D eigenvalue weighted by Gasteiger charge is 2.33. The van der Waals surface area contributed by atoms with Crippen molar-refractivity contribution in [1.29, 1.82) is 0 Å². The maximum atomic E-state index is 12.2. The molecule has 5 heteroatoms. The van der Waals surface area contributed by atoms with Gasteiger partial charge in [-0.15, -0.1) is 6.58 Å². The van der Waals surface area contributed by atoms with E-state index in [4.69, 9.17) is 0 Å². The Hall–Kier alpha value is -2.27. The second-order valence-electron chi connectivity index (χ2n) is 4.97. The number of likely N-dealkylation sites (N-methyl/N-ethyl adjacent to an activating group) is 1. The van der Waals surface area contributed by atoms with Gasteiger partial charge in [0.25, 0.3) is 11.1 Å². The van der Waals surface area contributed by atoms with Crippen molar-refractivity contribution in [2.75, 3.05) is 6.54 Å². The molecule has 2 amide bonds. The summed E-state index contributed by atoms with van der Waals surface area (Å²) in [5.41, 5.74) is 2.03. The van der Waals surface area contributed by atoms with Crippen molar-refractivity contribution >= 4 is 39.9 Å². The smallest absolute Gasteiger partial charge is 0.293 e. The molecule has 1 aromatic heterocycles. The Bertz CT molecular complexity index is 804. The number of imide groups is 1. The van der Waals surface area contributed by atoms with Gasteiger partial charge in [0.2, 0.25) is 0 Å². The largest absolute Gasteiger partial charge is 0.343 e. The van der Waals surface area contributed by atoms with Gasteiger partial charge in [-0.05, 0) is 30.8 Å². The summed E-state index contributed by atoms with van der Waals surface area (Å²) in [6.07, 6.45) is 5.63. The third kappa shape index (κ3) is 2.37. The van der Waals surface area contributed by atoms with Gasteiger partial charge in [-0.3, -0.25) is 14.5 Å². The quantitative estimate of drug-likeness (QED) is 0.635. The van der Waals surface area contributed by atoms with Crippen LogP contribution in [-0.2, 0) is 11.3 Å².